The fraction of sp³-hybridized carbons (Fsp3) is 0.231. The van der Waals surface area contributed by atoms with E-state index in [2.05, 4.69) is 39.6 Å². The number of thioether (sulfide) groups is 1. The molecular formula is C13H15N3S. The number of nitrogens with one attached hydrogen (secondary N) is 1. The molecule has 0 fully saturated rings. The van der Waals surface area contributed by atoms with Crippen LogP contribution in [0.25, 0.3) is 0 Å². The average Bonchev–Trinajstić information content (AvgIpc) is 2.38. The van der Waals surface area contributed by atoms with E-state index in [0.717, 1.165) is 17.9 Å². The number of rotatable bonds is 5. The van der Waals surface area contributed by atoms with Gasteiger partial charge in [0.15, 0.2) is 0 Å². The second kappa shape index (κ2) is 6.25. The van der Waals surface area contributed by atoms with Gasteiger partial charge in [-0.1, -0.05) is 18.2 Å². The van der Waals surface area contributed by atoms with Gasteiger partial charge < -0.3 is 5.32 Å². The van der Waals surface area contributed by atoms with E-state index in [4.69, 9.17) is 0 Å². The van der Waals surface area contributed by atoms with Gasteiger partial charge in [-0.2, -0.15) is 0 Å². The van der Waals surface area contributed by atoms with E-state index >= 15 is 0 Å². The van der Waals surface area contributed by atoms with E-state index in [1.807, 2.05) is 37.1 Å². The summed E-state index contributed by atoms with van der Waals surface area (Å²) in [6.07, 6.45) is 3.64. The normalized spacial score (nSPS) is 10.2. The first-order valence-corrected chi connectivity index (χ1v) is 6.53. The summed E-state index contributed by atoms with van der Waals surface area (Å²) in [6, 6.07) is 10.4. The summed E-state index contributed by atoms with van der Waals surface area (Å²) in [7, 11) is 0. The van der Waals surface area contributed by atoms with Crippen molar-refractivity contribution in [2.45, 2.75) is 11.8 Å². The van der Waals surface area contributed by atoms with Gasteiger partial charge in [-0.05, 0) is 24.6 Å². The van der Waals surface area contributed by atoms with Gasteiger partial charge in [0.05, 0.1) is 0 Å². The molecule has 0 amide bonds. The predicted molar refractivity (Wildman–Crippen MR) is 72.4 cm³/mol. The number of aryl methyl sites for hydroxylation is 1. The zero-order chi connectivity index (χ0) is 11.9. The molecule has 1 heterocycles. The highest BCUT2D eigenvalue weighted by Gasteiger charge is 1.95. The summed E-state index contributed by atoms with van der Waals surface area (Å²) < 4.78 is 0. The summed E-state index contributed by atoms with van der Waals surface area (Å²) in [5, 5.41) is 3.20. The Bertz CT molecular complexity index is 442. The van der Waals surface area contributed by atoms with E-state index in [0.29, 0.717) is 5.95 Å². The van der Waals surface area contributed by atoms with Crippen LogP contribution in [0, 0.1) is 6.92 Å². The van der Waals surface area contributed by atoms with Gasteiger partial charge in [0.25, 0.3) is 0 Å². The van der Waals surface area contributed by atoms with Gasteiger partial charge in [-0.25, -0.2) is 9.97 Å². The molecule has 1 aromatic heterocycles. The Labute approximate surface area is 106 Å². The summed E-state index contributed by atoms with van der Waals surface area (Å²) in [5.41, 5.74) is 1.08. The molecule has 4 heteroatoms. The van der Waals surface area contributed by atoms with E-state index in [-0.39, 0.29) is 0 Å². The number of benzene rings is 1. The van der Waals surface area contributed by atoms with Crippen molar-refractivity contribution in [3.05, 3.63) is 48.3 Å². The zero-order valence-electron chi connectivity index (χ0n) is 9.76. The van der Waals surface area contributed by atoms with Crippen LogP contribution < -0.4 is 5.32 Å². The molecule has 0 atom stereocenters. The van der Waals surface area contributed by atoms with E-state index in [9.17, 15) is 0 Å². The Morgan fingerprint density at radius 1 is 1.12 bits per heavy atom. The molecule has 1 aromatic carbocycles. The first-order chi connectivity index (χ1) is 8.34. The number of nitrogens with zero attached hydrogens (tertiary/aromatic N) is 2. The minimum absolute atomic E-state index is 0.698. The predicted octanol–water partition coefficient (Wildman–Crippen LogP) is 2.99. The van der Waals surface area contributed by atoms with Crippen LogP contribution >= 0.6 is 11.8 Å². The minimum Gasteiger partial charge on any atom is -0.353 e. The Kier molecular flexibility index (Phi) is 4.38. The average molecular weight is 245 g/mol. The maximum absolute atomic E-state index is 4.19. The molecule has 0 aliphatic heterocycles. The highest BCUT2D eigenvalue weighted by atomic mass is 32.2. The molecule has 3 nitrogen and oxygen atoms in total. The Hall–Kier alpha value is -1.55. The molecule has 1 N–H and O–H groups in total. The highest BCUT2D eigenvalue weighted by Crippen LogP contribution is 2.16. The second-order valence-corrected chi connectivity index (χ2v) is 4.84. The molecule has 0 spiro atoms. The van der Waals surface area contributed by atoms with Gasteiger partial charge in [-0.3, -0.25) is 0 Å². The lowest BCUT2D eigenvalue weighted by Gasteiger charge is -2.04. The number of hydrogen-bond acceptors (Lipinski definition) is 4. The highest BCUT2D eigenvalue weighted by molar-refractivity contribution is 7.99. The van der Waals surface area contributed by atoms with Crippen molar-refractivity contribution in [1.82, 2.24) is 9.97 Å². The molecule has 2 aromatic rings. The van der Waals surface area contributed by atoms with Crippen molar-refractivity contribution < 1.29 is 0 Å². The molecule has 0 radical (unpaired) electrons. The minimum atomic E-state index is 0.698. The molecule has 2 rings (SSSR count). The van der Waals surface area contributed by atoms with E-state index < -0.39 is 0 Å². The first kappa shape index (κ1) is 11.9. The van der Waals surface area contributed by atoms with Crippen LogP contribution in [0.15, 0.2) is 47.6 Å². The Morgan fingerprint density at radius 2 is 1.82 bits per heavy atom. The van der Waals surface area contributed by atoms with Crippen LogP contribution in [-0.4, -0.2) is 22.3 Å². The Morgan fingerprint density at radius 3 is 2.53 bits per heavy atom. The molecule has 0 saturated carbocycles. The molecule has 88 valence electrons. The lowest BCUT2D eigenvalue weighted by atomic mass is 10.4. The van der Waals surface area contributed by atoms with Crippen LogP contribution in [0.5, 0.6) is 0 Å². The zero-order valence-corrected chi connectivity index (χ0v) is 10.6. The van der Waals surface area contributed by atoms with Crippen molar-refractivity contribution >= 4 is 17.7 Å². The molecule has 0 saturated heterocycles. The summed E-state index contributed by atoms with van der Waals surface area (Å²) in [5.74, 6) is 1.70. The third-order valence-corrected chi connectivity index (χ3v) is 3.19. The fourth-order valence-electron chi connectivity index (χ4n) is 1.33. The standard InChI is InChI=1S/C13H15N3S/c1-11-9-15-13(16-10-11)14-7-8-17-12-5-3-2-4-6-12/h2-6,9-10H,7-8H2,1H3,(H,14,15,16). The van der Waals surface area contributed by atoms with Crippen LogP contribution in [0.3, 0.4) is 0 Å². The van der Waals surface area contributed by atoms with Crippen LogP contribution in [-0.2, 0) is 0 Å². The van der Waals surface area contributed by atoms with Gasteiger partial charge >= 0.3 is 0 Å². The first-order valence-electron chi connectivity index (χ1n) is 5.55. The van der Waals surface area contributed by atoms with Crippen LogP contribution in [0.2, 0.25) is 0 Å². The maximum atomic E-state index is 4.19. The number of anilines is 1. The van der Waals surface area contributed by atoms with Crippen molar-refractivity contribution in [2.75, 3.05) is 17.6 Å². The molecule has 0 unspecified atom stereocenters. The third kappa shape index (κ3) is 4.07. The number of aromatic nitrogens is 2. The van der Waals surface area contributed by atoms with Crippen LogP contribution in [0.1, 0.15) is 5.56 Å². The summed E-state index contributed by atoms with van der Waals surface area (Å²) >= 11 is 1.82. The van der Waals surface area contributed by atoms with Crippen molar-refractivity contribution in [2.24, 2.45) is 0 Å². The SMILES string of the molecule is Cc1cnc(NCCSc2ccccc2)nc1. The third-order valence-electron chi connectivity index (χ3n) is 2.18. The molecule has 17 heavy (non-hydrogen) atoms. The van der Waals surface area contributed by atoms with Gasteiger partial charge in [0, 0.05) is 29.6 Å². The lowest BCUT2D eigenvalue weighted by Crippen LogP contribution is -2.07. The smallest absolute Gasteiger partial charge is 0.222 e. The topological polar surface area (TPSA) is 37.8 Å². The van der Waals surface area contributed by atoms with E-state index in [1.54, 1.807) is 0 Å². The number of hydrogen-bond donors (Lipinski definition) is 1. The largest absolute Gasteiger partial charge is 0.353 e. The maximum Gasteiger partial charge on any atom is 0.222 e. The van der Waals surface area contributed by atoms with E-state index in [1.165, 1.54) is 4.90 Å². The lowest BCUT2D eigenvalue weighted by molar-refractivity contribution is 1.07. The van der Waals surface area contributed by atoms with Gasteiger partial charge in [-0.15, -0.1) is 11.8 Å². The Balaban J connectivity index is 1.71. The molecule has 0 bridgehead atoms. The quantitative estimate of drug-likeness (QED) is 0.649. The van der Waals surface area contributed by atoms with Crippen LogP contribution in [0.4, 0.5) is 5.95 Å². The monoisotopic (exact) mass is 245 g/mol. The van der Waals surface area contributed by atoms with Crippen molar-refractivity contribution in [1.29, 1.82) is 0 Å². The van der Waals surface area contributed by atoms with Crippen molar-refractivity contribution in [3.63, 3.8) is 0 Å². The second-order valence-electron chi connectivity index (χ2n) is 3.67. The fourth-order valence-corrected chi connectivity index (χ4v) is 2.12. The van der Waals surface area contributed by atoms with Gasteiger partial charge in [0.1, 0.15) is 0 Å². The molecule has 0 aliphatic rings. The van der Waals surface area contributed by atoms with Crippen molar-refractivity contribution in [3.8, 4) is 0 Å². The summed E-state index contributed by atoms with van der Waals surface area (Å²) in [4.78, 5) is 9.67. The van der Waals surface area contributed by atoms with Gasteiger partial charge in [0.2, 0.25) is 5.95 Å². The molecular weight excluding hydrogens is 230 g/mol. The summed E-state index contributed by atoms with van der Waals surface area (Å²) in [6.45, 7) is 2.84. The molecule has 0 aliphatic carbocycles.